The van der Waals surface area contributed by atoms with Crippen LogP contribution in [-0.4, -0.2) is 22.7 Å². The molecule has 2 N–H and O–H groups in total. The van der Waals surface area contributed by atoms with Crippen molar-refractivity contribution in [2.75, 3.05) is 6.61 Å². The number of hydrogen-bond acceptors (Lipinski definition) is 3. The first-order valence-electron chi connectivity index (χ1n) is 6.20. The van der Waals surface area contributed by atoms with E-state index in [1.807, 2.05) is 12.3 Å². The lowest BCUT2D eigenvalue weighted by atomic mass is 9.85. The predicted molar refractivity (Wildman–Crippen MR) is 70.8 cm³/mol. The number of aliphatic hydroxyl groups is 1. The first kappa shape index (κ1) is 14.1. The molecular weight excluding hydrogens is 212 g/mol. The number of nitrogens with one attached hydrogen (secondary N) is 1. The van der Waals surface area contributed by atoms with Gasteiger partial charge in [0.15, 0.2) is 0 Å². The Bertz CT molecular complexity index is 344. The topological polar surface area (TPSA) is 45.2 Å². The zero-order chi connectivity index (χ0) is 12.9. The van der Waals surface area contributed by atoms with E-state index in [9.17, 15) is 0 Å². The molecule has 3 heteroatoms. The number of hydrogen-bond donors (Lipinski definition) is 2. The molecular formula is C14H24N2O. The summed E-state index contributed by atoms with van der Waals surface area (Å²) in [5, 5.41) is 12.6. The summed E-state index contributed by atoms with van der Waals surface area (Å²) in [6.07, 6.45) is 2.59. The molecule has 1 unspecified atom stereocenters. The molecule has 0 saturated carbocycles. The highest BCUT2D eigenvalue weighted by Gasteiger charge is 2.23. The third-order valence-electron chi connectivity index (χ3n) is 3.10. The maximum absolute atomic E-state index is 9.10. The van der Waals surface area contributed by atoms with E-state index >= 15 is 0 Å². The van der Waals surface area contributed by atoms with Crippen LogP contribution in [0.1, 0.15) is 38.4 Å². The lowest BCUT2D eigenvalue weighted by Crippen LogP contribution is -2.40. The highest BCUT2D eigenvalue weighted by molar-refractivity contribution is 5.17. The van der Waals surface area contributed by atoms with Gasteiger partial charge in [-0.25, -0.2) is 0 Å². The Kier molecular flexibility index (Phi) is 5.09. The van der Waals surface area contributed by atoms with Crippen molar-refractivity contribution >= 4 is 0 Å². The Labute approximate surface area is 104 Å². The third kappa shape index (κ3) is 4.44. The Morgan fingerprint density at radius 1 is 1.41 bits per heavy atom. The summed E-state index contributed by atoms with van der Waals surface area (Å²) >= 11 is 0. The highest BCUT2D eigenvalue weighted by Crippen LogP contribution is 2.22. The van der Waals surface area contributed by atoms with Crippen molar-refractivity contribution in [1.82, 2.24) is 10.3 Å². The quantitative estimate of drug-likeness (QED) is 0.824. The molecule has 0 aliphatic heterocycles. The molecule has 1 atom stereocenters. The fraction of sp³-hybridized carbons (Fsp3) is 0.643. The maximum atomic E-state index is 9.10. The fourth-order valence-corrected chi connectivity index (χ4v) is 1.89. The molecule has 1 heterocycles. The third-order valence-corrected chi connectivity index (χ3v) is 3.10. The molecule has 1 rings (SSSR count). The van der Waals surface area contributed by atoms with E-state index in [2.05, 4.69) is 44.1 Å². The molecule has 0 bridgehead atoms. The van der Waals surface area contributed by atoms with E-state index in [1.165, 1.54) is 5.56 Å². The summed E-state index contributed by atoms with van der Waals surface area (Å²) < 4.78 is 0. The Morgan fingerprint density at radius 2 is 2.12 bits per heavy atom. The second kappa shape index (κ2) is 6.12. The van der Waals surface area contributed by atoms with E-state index in [4.69, 9.17) is 5.11 Å². The first-order valence-corrected chi connectivity index (χ1v) is 6.20. The van der Waals surface area contributed by atoms with E-state index in [0.717, 1.165) is 18.7 Å². The molecule has 1 aromatic heterocycles. The number of aliphatic hydroxyl groups excluding tert-OH is 1. The van der Waals surface area contributed by atoms with Gasteiger partial charge in [-0.2, -0.15) is 0 Å². The van der Waals surface area contributed by atoms with Gasteiger partial charge in [-0.15, -0.1) is 0 Å². The van der Waals surface area contributed by atoms with E-state index in [1.54, 1.807) is 0 Å². The number of rotatable bonds is 5. The standard InChI is InChI=1S/C14H24N2O/c1-11-6-5-8-15-12(11)10-16-13(7-9-17)14(2,3)4/h5-6,8,13,16-17H,7,9-10H2,1-4H3. The molecule has 0 aliphatic rings. The number of pyridine rings is 1. The molecule has 17 heavy (non-hydrogen) atoms. The van der Waals surface area contributed by atoms with Crippen molar-refractivity contribution in [3.05, 3.63) is 29.6 Å². The minimum Gasteiger partial charge on any atom is -0.396 e. The molecule has 0 fully saturated rings. The SMILES string of the molecule is Cc1cccnc1CNC(CCO)C(C)(C)C. The minimum absolute atomic E-state index is 0.144. The van der Waals surface area contributed by atoms with Crippen LogP contribution in [0.25, 0.3) is 0 Å². The largest absolute Gasteiger partial charge is 0.396 e. The monoisotopic (exact) mass is 236 g/mol. The first-order chi connectivity index (χ1) is 7.95. The Morgan fingerprint density at radius 3 is 2.65 bits per heavy atom. The molecule has 0 spiro atoms. The van der Waals surface area contributed by atoms with Crippen molar-refractivity contribution in [3.8, 4) is 0 Å². The van der Waals surface area contributed by atoms with Gasteiger partial charge in [0, 0.05) is 25.4 Å². The Hall–Kier alpha value is -0.930. The molecule has 0 saturated heterocycles. The van der Waals surface area contributed by atoms with Crippen molar-refractivity contribution in [2.45, 2.75) is 46.7 Å². The maximum Gasteiger partial charge on any atom is 0.0570 e. The molecule has 0 amide bonds. The van der Waals surface area contributed by atoms with Crippen LogP contribution < -0.4 is 5.32 Å². The van der Waals surface area contributed by atoms with Crippen molar-refractivity contribution < 1.29 is 5.11 Å². The summed E-state index contributed by atoms with van der Waals surface area (Å²) in [6.45, 7) is 9.61. The van der Waals surface area contributed by atoms with Gasteiger partial charge < -0.3 is 10.4 Å². The average Bonchev–Trinajstić information content (AvgIpc) is 2.24. The van der Waals surface area contributed by atoms with Gasteiger partial charge in [0.25, 0.3) is 0 Å². The van der Waals surface area contributed by atoms with Gasteiger partial charge in [-0.3, -0.25) is 4.98 Å². The van der Waals surface area contributed by atoms with Crippen molar-refractivity contribution in [2.24, 2.45) is 5.41 Å². The summed E-state index contributed by atoms with van der Waals surface area (Å²) in [4.78, 5) is 4.37. The lowest BCUT2D eigenvalue weighted by Gasteiger charge is -2.31. The highest BCUT2D eigenvalue weighted by atomic mass is 16.3. The van der Waals surface area contributed by atoms with Crippen molar-refractivity contribution in [1.29, 1.82) is 0 Å². The van der Waals surface area contributed by atoms with Crippen LogP contribution >= 0.6 is 0 Å². The van der Waals surface area contributed by atoms with Gasteiger partial charge >= 0.3 is 0 Å². The van der Waals surface area contributed by atoms with Crippen LogP contribution in [0.3, 0.4) is 0 Å². The van der Waals surface area contributed by atoms with E-state index < -0.39 is 0 Å². The van der Waals surface area contributed by atoms with Gasteiger partial charge in [0.05, 0.1) is 5.69 Å². The van der Waals surface area contributed by atoms with E-state index in [-0.39, 0.29) is 12.0 Å². The second-order valence-electron chi connectivity index (χ2n) is 5.58. The predicted octanol–water partition coefficient (Wildman–Crippen LogP) is 2.28. The fourth-order valence-electron chi connectivity index (χ4n) is 1.89. The minimum atomic E-state index is 0.144. The van der Waals surface area contributed by atoms with Crippen LogP contribution in [0, 0.1) is 12.3 Å². The molecule has 1 aromatic rings. The Balaban J connectivity index is 2.61. The second-order valence-corrected chi connectivity index (χ2v) is 5.58. The summed E-state index contributed by atoms with van der Waals surface area (Å²) in [6, 6.07) is 4.32. The van der Waals surface area contributed by atoms with Gasteiger partial charge in [-0.05, 0) is 30.4 Å². The van der Waals surface area contributed by atoms with Gasteiger partial charge in [0.1, 0.15) is 0 Å². The molecule has 96 valence electrons. The number of aromatic nitrogens is 1. The summed E-state index contributed by atoms with van der Waals surface area (Å²) in [7, 11) is 0. The van der Waals surface area contributed by atoms with E-state index in [0.29, 0.717) is 6.04 Å². The van der Waals surface area contributed by atoms with Crippen LogP contribution in [0.2, 0.25) is 0 Å². The molecule has 0 aliphatic carbocycles. The normalized spacial score (nSPS) is 13.7. The van der Waals surface area contributed by atoms with Gasteiger partial charge in [0.2, 0.25) is 0 Å². The molecule has 0 aromatic carbocycles. The summed E-state index contributed by atoms with van der Waals surface area (Å²) in [5.74, 6) is 0. The lowest BCUT2D eigenvalue weighted by molar-refractivity contribution is 0.196. The van der Waals surface area contributed by atoms with Crippen LogP contribution in [0.4, 0.5) is 0 Å². The number of nitrogens with zero attached hydrogens (tertiary/aromatic N) is 1. The number of aryl methyl sites for hydroxylation is 1. The summed E-state index contributed by atoms with van der Waals surface area (Å²) in [5.41, 5.74) is 2.43. The van der Waals surface area contributed by atoms with Crippen LogP contribution in [0.15, 0.2) is 18.3 Å². The van der Waals surface area contributed by atoms with Crippen LogP contribution in [0.5, 0.6) is 0 Å². The van der Waals surface area contributed by atoms with Crippen LogP contribution in [-0.2, 0) is 6.54 Å². The molecule has 3 nitrogen and oxygen atoms in total. The van der Waals surface area contributed by atoms with Crippen molar-refractivity contribution in [3.63, 3.8) is 0 Å². The zero-order valence-corrected chi connectivity index (χ0v) is 11.3. The smallest absolute Gasteiger partial charge is 0.0570 e. The van der Waals surface area contributed by atoms with Gasteiger partial charge in [-0.1, -0.05) is 26.8 Å². The zero-order valence-electron chi connectivity index (χ0n) is 11.3. The molecule has 0 radical (unpaired) electrons. The average molecular weight is 236 g/mol.